The summed E-state index contributed by atoms with van der Waals surface area (Å²) in [4.78, 5) is 0. The second kappa shape index (κ2) is 6.05. The molecule has 1 fully saturated rings. The fourth-order valence-corrected chi connectivity index (χ4v) is 2.17. The van der Waals surface area contributed by atoms with Gasteiger partial charge in [-0.25, -0.2) is 0 Å². The third-order valence-corrected chi connectivity index (χ3v) is 3.05. The molecule has 1 unspecified atom stereocenters. The average molecular weight is 237 g/mol. The van der Waals surface area contributed by atoms with Crippen molar-refractivity contribution in [2.24, 2.45) is 11.8 Å². The summed E-state index contributed by atoms with van der Waals surface area (Å²) in [5.74, 6) is 2.17. The lowest BCUT2D eigenvalue weighted by atomic mass is 10.0. The highest BCUT2D eigenvalue weighted by Crippen LogP contribution is 2.14. The van der Waals surface area contributed by atoms with E-state index >= 15 is 0 Å². The summed E-state index contributed by atoms with van der Waals surface area (Å²) in [6, 6.07) is 0. The monoisotopic (exact) mass is 237 g/mol. The number of hydrogen-bond donors (Lipinski definition) is 1. The van der Waals surface area contributed by atoms with E-state index in [-0.39, 0.29) is 0 Å². The minimum Gasteiger partial charge on any atom is -0.490 e. The summed E-state index contributed by atoms with van der Waals surface area (Å²) >= 11 is 0. The molecule has 1 saturated heterocycles. The van der Waals surface area contributed by atoms with Gasteiger partial charge in [0.1, 0.15) is 0 Å². The van der Waals surface area contributed by atoms with Crippen molar-refractivity contribution in [3.8, 4) is 5.75 Å². The second-order valence-electron chi connectivity index (χ2n) is 5.32. The topological polar surface area (TPSA) is 39.1 Å². The minimum absolute atomic E-state index is 0.616. The third-order valence-electron chi connectivity index (χ3n) is 3.05. The number of nitrogens with one attached hydrogen (secondary N) is 1. The fraction of sp³-hybridized carbons (Fsp3) is 0.769. The number of ether oxygens (including phenoxy) is 1. The van der Waals surface area contributed by atoms with Crippen molar-refractivity contribution in [3.63, 3.8) is 0 Å². The van der Waals surface area contributed by atoms with E-state index in [9.17, 15) is 0 Å². The molecule has 0 amide bonds. The molecule has 17 heavy (non-hydrogen) atoms. The van der Waals surface area contributed by atoms with Gasteiger partial charge in [0.25, 0.3) is 0 Å². The van der Waals surface area contributed by atoms with Crippen LogP contribution >= 0.6 is 0 Å². The minimum atomic E-state index is 0.616. The van der Waals surface area contributed by atoms with E-state index in [4.69, 9.17) is 4.74 Å². The first-order valence-corrected chi connectivity index (χ1v) is 6.60. The van der Waals surface area contributed by atoms with E-state index in [0.29, 0.717) is 11.8 Å². The highest BCUT2D eigenvalue weighted by Gasteiger charge is 2.13. The van der Waals surface area contributed by atoms with Gasteiger partial charge in [0.05, 0.1) is 19.0 Å². The van der Waals surface area contributed by atoms with E-state index in [1.807, 2.05) is 17.1 Å². The smallest absolute Gasteiger partial charge is 0.157 e. The molecule has 4 nitrogen and oxygen atoms in total. The van der Waals surface area contributed by atoms with Crippen LogP contribution in [0, 0.1) is 11.8 Å². The highest BCUT2D eigenvalue weighted by atomic mass is 16.5. The Morgan fingerprint density at radius 2 is 2.47 bits per heavy atom. The molecule has 1 aromatic rings. The average Bonchev–Trinajstić information content (AvgIpc) is 2.75. The second-order valence-corrected chi connectivity index (χ2v) is 5.32. The lowest BCUT2D eigenvalue weighted by molar-refractivity contribution is 0.218. The fourth-order valence-electron chi connectivity index (χ4n) is 2.17. The maximum atomic E-state index is 5.78. The Kier molecular flexibility index (Phi) is 4.42. The highest BCUT2D eigenvalue weighted by molar-refractivity contribution is 5.11. The van der Waals surface area contributed by atoms with Gasteiger partial charge in [-0.05, 0) is 25.3 Å². The lowest BCUT2D eigenvalue weighted by Crippen LogP contribution is -2.32. The lowest BCUT2D eigenvalue weighted by Gasteiger charge is -2.22. The summed E-state index contributed by atoms with van der Waals surface area (Å²) in [6.07, 6.45) is 6.35. The van der Waals surface area contributed by atoms with Gasteiger partial charge >= 0.3 is 0 Å². The molecule has 0 radical (unpaired) electrons. The molecule has 2 rings (SSSR count). The van der Waals surface area contributed by atoms with Gasteiger partial charge in [-0.1, -0.05) is 13.8 Å². The van der Waals surface area contributed by atoms with Crippen LogP contribution in [0.25, 0.3) is 0 Å². The number of aromatic nitrogens is 2. The normalized spacial score (nSPS) is 20.8. The van der Waals surface area contributed by atoms with Crippen molar-refractivity contribution in [1.82, 2.24) is 15.1 Å². The van der Waals surface area contributed by atoms with Gasteiger partial charge in [-0.2, -0.15) is 5.10 Å². The van der Waals surface area contributed by atoms with Crippen LogP contribution in [0.15, 0.2) is 12.4 Å². The number of rotatable bonds is 5. The summed E-state index contributed by atoms with van der Waals surface area (Å²) in [7, 11) is 0. The Labute approximate surface area is 103 Å². The zero-order valence-corrected chi connectivity index (χ0v) is 10.9. The molecular formula is C13H23N3O. The number of nitrogens with zero attached hydrogens (tertiary/aromatic N) is 2. The molecule has 4 heteroatoms. The first-order chi connectivity index (χ1) is 8.24. The zero-order chi connectivity index (χ0) is 12.1. The summed E-state index contributed by atoms with van der Waals surface area (Å²) in [5.41, 5.74) is 0. The standard InChI is InChI=1S/C13H23N3O/c1-11(2)8-16-9-13(7-15-16)17-10-12-4-3-5-14-6-12/h7,9,11-12,14H,3-6,8,10H2,1-2H3. The Bertz CT molecular complexity index is 329. The van der Waals surface area contributed by atoms with Gasteiger partial charge in [0.2, 0.25) is 0 Å². The SMILES string of the molecule is CC(C)Cn1cc(OCC2CCCNC2)cn1. The van der Waals surface area contributed by atoms with E-state index in [0.717, 1.165) is 32.0 Å². The molecule has 0 spiro atoms. The van der Waals surface area contributed by atoms with Gasteiger partial charge in [-0.15, -0.1) is 0 Å². The molecule has 1 atom stereocenters. The quantitative estimate of drug-likeness (QED) is 0.850. The maximum absolute atomic E-state index is 5.78. The molecule has 96 valence electrons. The van der Waals surface area contributed by atoms with Crippen molar-refractivity contribution in [1.29, 1.82) is 0 Å². The van der Waals surface area contributed by atoms with Gasteiger partial charge in [-0.3, -0.25) is 4.68 Å². The van der Waals surface area contributed by atoms with Crippen LogP contribution in [0.3, 0.4) is 0 Å². The van der Waals surface area contributed by atoms with Crippen LogP contribution in [-0.4, -0.2) is 29.5 Å². The molecule has 1 aliphatic rings. The Balaban J connectivity index is 1.76. The Morgan fingerprint density at radius 3 is 3.18 bits per heavy atom. The Hall–Kier alpha value is -1.03. The van der Waals surface area contributed by atoms with Crippen LogP contribution in [0.1, 0.15) is 26.7 Å². The van der Waals surface area contributed by atoms with Crippen LogP contribution in [0.5, 0.6) is 5.75 Å². The molecule has 1 N–H and O–H groups in total. The first-order valence-electron chi connectivity index (χ1n) is 6.60. The maximum Gasteiger partial charge on any atom is 0.157 e. The van der Waals surface area contributed by atoms with Crippen molar-refractivity contribution in [2.75, 3.05) is 19.7 Å². The van der Waals surface area contributed by atoms with Crippen molar-refractivity contribution < 1.29 is 4.74 Å². The van der Waals surface area contributed by atoms with E-state index < -0.39 is 0 Å². The van der Waals surface area contributed by atoms with Crippen LogP contribution in [-0.2, 0) is 6.54 Å². The molecule has 2 heterocycles. The molecule has 0 aromatic carbocycles. The molecule has 1 aliphatic heterocycles. The van der Waals surface area contributed by atoms with Crippen molar-refractivity contribution >= 4 is 0 Å². The van der Waals surface area contributed by atoms with Crippen LogP contribution in [0.4, 0.5) is 0 Å². The molecule has 0 bridgehead atoms. The van der Waals surface area contributed by atoms with E-state index in [1.54, 1.807) is 0 Å². The zero-order valence-electron chi connectivity index (χ0n) is 10.9. The van der Waals surface area contributed by atoms with Crippen molar-refractivity contribution in [2.45, 2.75) is 33.2 Å². The molecule has 0 saturated carbocycles. The largest absolute Gasteiger partial charge is 0.490 e. The summed E-state index contributed by atoms with van der Waals surface area (Å²) in [6.45, 7) is 8.38. The molecular weight excluding hydrogens is 214 g/mol. The molecule has 1 aromatic heterocycles. The number of piperidine rings is 1. The van der Waals surface area contributed by atoms with Crippen LogP contribution in [0.2, 0.25) is 0 Å². The third kappa shape index (κ3) is 4.04. The van der Waals surface area contributed by atoms with Crippen LogP contribution < -0.4 is 10.1 Å². The summed E-state index contributed by atoms with van der Waals surface area (Å²) in [5, 5.41) is 7.70. The van der Waals surface area contributed by atoms with Gasteiger partial charge < -0.3 is 10.1 Å². The van der Waals surface area contributed by atoms with E-state index in [2.05, 4.69) is 24.3 Å². The molecule has 0 aliphatic carbocycles. The Morgan fingerprint density at radius 1 is 1.59 bits per heavy atom. The van der Waals surface area contributed by atoms with Crippen molar-refractivity contribution in [3.05, 3.63) is 12.4 Å². The predicted octanol–water partition coefficient (Wildman–Crippen LogP) is 1.92. The predicted molar refractivity (Wildman–Crippen MR) is 68.2 cm³/mol. The summed E-state index contributed by atoms with van der Waals surface area (Å²) < 4.78 is 7.74. The van der Waals surface area contributed by atoms with Gasteiger partial charge in [0, 0.05) is 19.0 Å². The number of hydrogen-bond acceptors (Lipinski definition) is 3. The van der Waals surface area contributed by atoms with Gasteiger partial charge in [0.15, 0.2) is 5.75 Å². The first kappa shape index (κ1) is 12.4. The van der Waals surface area contributed by atoms with E-state index in [1.165, 1.54) is 12.8 Å².